The number of aromatic nitrogens is 1. The number of fused-ring (bicyclic) bond motifs is 1. The van der Waals surface area contributed by atoms with Gasteiger partial charge in [-0.3, -0.25) is 0 Å². The number of ether oxygens (including phenoxy) is 2. The first-order chi connectivity index (χ1) is 12.7. The number of nitrogens with zero attached hydrogens (tertiary/aromatic N) is 1. The number of halogens is 1. The van der Waals surface area contributed by atoms with Gasteiger partial charge in [0.15, 0.2) is 0 Å². The molecule has 1 aliphatic carbocycles. The quantitative estimate of drug-likeness (QED) is 0.493. The van der Waals surface area contributed by atoms with Gasteiger partial charge in [-0.05, 0) is 76.7 Å². The summed E-state index contributed by atoms with van der Waals surface area (Å²) < 4.78 is 12.6. The smallest absolute Gasteiger partial charge is 0.219 e. The molecule has 3 aromatic rings. The zero-order valence-electron chi connectivity index (χ0n) is 14.2. The Bertz CT molecular complexity index is 953. The molecular formula is C21H18BrNO3. The van der Waals surface area contributed by atoms with E-state index in [-0.39, 0.29) is 0 Å². The highest BCUT2D eigenvalue weighted by Crippen LogP contribution is 2.34. The number of pyridine rings is 1. The number of benzene rings is 2. The van der Waals surface area contributed by atoms with Crippen LogP contribution in [0.15, 0.2) is 53.0 Å². The van der Waals surface area contributed by atoms with Crippen molar-refractivity contribution in [3.63, 3.8) is 0 Å². The Morgan fingerprint density at radius 1 is 1.12 bits per heavy atom. The molecule has 0 bridgehead atoms. The van der Waals surface area contributed by atoms with E-state index in [4.69, 9.17) is 9.47 Å². The van der Waals surface area contributed by atoms with E-state index in [0.29, 0.717) is 24.0 Å². The molecule has 0 radical (unpaired) electrons. The Morgan fingerprint density at radius 2 is 2.00 bits per heavy atom. The van der Waals surface area contributed by atoms with E-state index < -0.39 is 0 Å². The summed E-state index contributed by atoms with van der Waals surface area (Å²) in [5.74, 6) is 2.77. The average Bonchev–Trinajstić information content (AvgIpc) is 3.46. The molecule has 1 saturated carbocycles. The first-order valence-corrected chi connectivity index (χ1v) is 9.44. The fourth-order valence-corrected chi connectivity index (χ4v) is 3.18. The summed E-state index contributed by atoms with van der Waals surface area (Å²) >= 11 is 3.54. The van der Waals surface area contributed by atoms with Crippen LogP contribution in [0.2, 0.25) is 0 Å². The summed E-state index contributed by atoms with van der Waals surface area (Å²) in [4.78, 5) is 15.2. The Balaban J connectivity index is 1.49. The molecule has 0 unspecified atom stereocenters. The van der Waals surface area contributed by atoms with Gasteiger partial charge < -0.3 is 14.3 Å². The van der Waals surface area contributed by atoms with Crippen LogP contribution in [-0.4, -0.2) is 17.9 Å². The molecule has 2 aromatic carbocycles. The summed E-state index contributed by atoms with van der Waals surface area (Å²) in [5.41, 5.74) is 1.81. The summed E-state index contributed by atoms with van der Waals surface area (Å²) in [7, 11) is 0. The van der Waals surface area contributed by atoms with E-state index in [0.717, 1.165) is 39.6 Å². The number of aldehydes is 1. The van der Waals surface area contributed by atoms with E-state index in [1.807, 2.05) is 48.5 Å². The normalized spacial score (nSPS) is 13.6. The maximum absolute atomic E-state index is 10.6. The minimum absolute atomic E-state index is 0.414. The van der Waals surface area contributed by atoms with Crippen LogP contribution in [0, 0.1) is 5.92 Å². The summed E-state index contributed by atoms with van der Waals surface area (Å²) in [6.07, 6.45) is 3.85. The van der Waals surface area contributed by atoms with Gasteiger partial charge in [0, 0.05) is 17.9 Å². The first kappa shape index (κ1) is 17.0. The van der Waals surface area contributed by atoms with Crippen LogP contribution in [0.1, 0.15) is 18.4 Å². The van der Waals surface area contributed by atoms with Crippen molar-refractivity contribution >= 4 is 33.1 Å². The predicted octanol–water partition coefficient (Wildman–Crippen LogP) is 5.32. The Hall–Kier alpha value is -2.40. The molecule has 26 heavy (non-hydrogen) atoms. The summed E-state index contributed by atoms with van der Waals surface area (Å²) in [6.45, 7) is 0.775. The standard InChI is InChI=1S/C21H18BrNO3/c22-18-12-17(5-7-20(18)25-13-15-1-2-15)26-21-8-4-16-11-14(9-10-24)3-6-19(16)23-21/h3-8,10-12,15H,1-2,9,13H2. The SMILES string of the molecule is O=CCc1ccc2nc(Oc3ccc(OCC4CC4)c(Br)c3)ccc2c1. The summed E-state index contributed by atoms with van der Waals surface area (Å²) in [5, 5.41) is 0.988. The highest BCUT2D eigenvalue weighted by atomic mass is 79.9. The average molecular weight is 412 g/mol. The van der Waals surface area contributed by atoms with Crippen molar-refractivity contribution in [1.29, 1.82) is 0 Å². The van der Waals surface area contributed by atoms with Gasteiger partial charge in [0.2, 0.25) is 5.88 Å². The molecule has 5 heteroatoms. The number of rotatable bonds is 7. The summed E-state index contributed by atoms with van der Waals surface area (Å²) in [6, 6.07) is 15.3. The van der Waals surface area contributed by atoms with Crippen LogP contribution in [0.3, 0.4) is 0 Å². The lowest BCUT2D eigenvalue weighted by Crippen LogP contribution is -1.99. The van der Waals surface area contributed by atoms with Gasteiger partial charge in [0.05, 0.1) is 16.6 Å². The predicted molar refractivity (Wildman–Crippen MR) is 104 cm³/mol. The molecule has 1 aliphatic rings. The van der Waals surface area contributed by atoms with Crippen molar-refractivity contribution < 1.29 is 14.3 Å². The first-order valence-electron chi connectivity index (χ1n) is 8.65. The molecule has 0 atom stereocenters. The molecule has 4 rings (SSSR count). The molecule has 1 heterocycles. The second-order valence-electron chi connectivity index (χ2n) is 6.50. The van der Waals surface area contributed by atoms with Crippen molar-refractivity contribution in [2.24, 2.45) is 5.92 Å². The molecule has 1 fully saturated rings. The maximum atomic E-state index is 10.6. The van der Waals surface area contributed by atoms with Crippen molar-refractivity contribution in [2.45, 2.75) is 19.3 Å². The Labute approximate surface area is 160 Å². The second kappa shape index (κ2) is 7.46. The van der Waals surface area contributed by atoms with Gasteiger partial charge in [-0.25, -0.2) is 4.98 Å². The van der Waals surface area contributed by atoms with Gasteiger partial charge in [0.25, 0.3) is 0 Å². The fraction of sp³-hybridized carbons (Fsp3) is 0.238. The maximum Gasteiger partial charge on any atom is 0.219 e. The highest BCUT2D eigenvalue weighted by Gasteiger charge is 2.22. The third-order valence-corrected chi connectivity index (χ3v) is 4.96. The highest BCUT2D eigenvalue weighted by molar-refractivity contribution is 9.10. The fourth-order valence-electron chi connectivity index (χ4n) is 2.71. The van der Waals surface area contributed by atoms with Gasteiger partial charge >= 0.3 is 0 Å². The van der Waals surface area contributed by atoms with Crippen LogP contribution < -0.4 is 9.47 Å². The Kier molecular flexibility index (Phi) is 4.89. The number of hydrogen-bond donors (Lipinski definition) is 0. The van der Waals surface area contributed by atoms with E-state index in [1.165, 1.54) is 12.8 Å². The topological polar surface area (TPSA) is 48.4 Å². The van der Waals surface area contributed by atoms with Crippen LogP contribution in [0.5, 0.6) is 17.4 Å². The van der Waals surface area contributed by atoms with Crippen molar-refractivity contribution in [3.05, 3.63) is 58.6 Å². The van der Waals surface area contributed by atoms with Gasteiger partial charge in [0.1, 0.15) is 17.8 Å². The lowest BCUT2D eigenvalue weighted by atomic mass is 10.1. The van der Waals surface area contributed by atoms with E-state index in [2.05, 4.69) is 20.9 Å². The molecule has 0 saturated heterocycles. The van der Waals surface area contributed by atoms with Crippen LogP contribution in [-0.2, 0) is 11.2 Å². The van der Waals surface area contributed by atoms with Crippen molar-refractivity contribution in [1.82, 2.24) is 4.98 Å². The zero-order chi connectivity index (χ0) is 17.9. The van der Waals surface area contributed by atoms with Crippen molar-refractivity contribution in [2.75, 3.05) is 6.61 Å². The molecule has 4 nitrogen and oxygen atoms in total. The number of hydrogen-bond acceptors (Lipinski definition) is 4. The molecule has 0 spiro atoms. The van der Waals surface area contributed by atoms with E-state index >= 15 is 0 Å². The minimum atomic E-state index is 0.414. The minimum Gasteiger partial charge on any atom is -0.492 e. The third-order valence-electron chi connectivity index (χ3n) is 4.34. The molecule has 0 aliphatic heterocycles. The molecule has 0 N–H and O–H groups in total. The van der Waals surface area contributed by atoms with Crippen molar-refractivity contribution in [3.8, 4) is 17.4 Å². The van der Waals surface area contributed by atoms with Crippen LogP contribution in [0.4, 0.5) is 0 Å². The Morgan fingerprint density at radius 3 is 2.77 bits per heavy atom. The van der Waals surface area contributed by atoms with Gasteiger partial charge in [-0.15, -0.1) is 0 Å². The lowest BCUT2D eigenvalue weighted by molar-refractivity contribution is -0.107. The number of carbonyl (C=O) groups excluding carboxylic acids is 1. The lowest BCUT2D eigenvalue weighted by Gasteiger charge is -2.10. The molecular weight excluding hydrogens is 394 g/mol. The third kappa shape index (κ3) is 4.05. The molecule has 0 amide bonds. The van der Waals surface area contributed by atoms with E-state index in [9.17, 15) is 4.79 Å². The van der Waals surface area contributed by atoms with Crippen LogP contribution in [0.25, 0.3) is 10.9 Å². The van der Waals surface area contributed by atoms with Gasteiger partial charge in [-0.2, -0.15) is 0 Å². The molecule has 132 valence electrons. The second-order valence-corrected chi connectivity index (χ2v) is 7.35. The largest absolute Gasteiger partial charge is 0.492 e. The zero-order valence-corrected chi connectivity index (χ0v) is 15.7. The monoisotopic (exact) mass is 411 g/mol. The molecule has 1 aromatic heterocycles. The van der Waals surface area contributed by atoms with Crippen LogP contribution >= 0.6 is 15.9 Å². The van der Waals surface area contributed by atoms with Gasteiger partial charge in [-0.1, -0.05) is 6.07 Å². The van der Waals surface area contributed by atoms with E-state index in [1.54, 1.807) is 0 Å². The number of carbonyl (C=O) groups is 1.